The van der Waals surface area contributed by atoms with Crippen molar-refractivity contribution in [1.82, 2.24) is 0 Å². The van der Waals surface area contributed by atoms with Crippen LogP contribution in [0.25, 0.3) is 0 Å². The molecular weight excluding hydrogens is 424 g/mol. The van der Waals surface area contributed by atoms with Gasteiger partial charge >= 0.3 is 0 Å². The van der Waals surface area contributed by atoms with Crippen molar-refractivity contribution >= 4 is 72.2 Å². The van der Waals surface area contributed by atoms with Gasteiger partial charge in [-0.05, 0) is 56.1 Å². The van der Waals surface area contributed by atoms with Gasteiger partial charge in [0.2, 0.25) is 5.91 Å². The highest BCUT2D eigenvalue weighted by Gasteiger charge is 2.15. The smallest absolute Gasteiger partial charge is 0.234 e. The average molecular weight is 434 g/mol. The second-order valence-electron chi connectivity index (χ2n) is 4.24. The molecule has 0 saturated heterocycles. The number of hydrogen-bond acceptors (Lipinski definition) is 4. The molecule has 0 saturated carbocycles. The highest BCUT2D eigenvalue weighted by Crippen LogP contribution is 2.35. The lowest BCUT2D eigenvalue weighted by atomic mass is 10.2. The average Bonchev–Trinajstić information content (AvgIpc) is 2.75. The van der Waals surface area contributed by atoms with Crippen LogP contribution >= 0.6 is 55.0 Å². The van der Waals surface area contributed by atoms with E-state index >= 15 is 0 Å². The van der Waals surface area contributed by atoms with E-state index in [0.717, 1.165) is 31.1 Å². The van der Waals surface area contributed by atoms with Crippen molar-refractivity contribution in [1.29, 1.82) is 0 Å². The number of anilines is 2. The first-order valence-corrected chi connectivity index (χ1v) is 9.25. The maximum absolute atomic E-state index is 11.4. The van der Waals surface area contributed by atoms with Gasteiger partial charge < -0.3 is 10.6 Å². The monoisotopic (exact) mass is 432 g/mol. The number of thioether (sulfide) groups is 1. The van der Waals surface area contributed by atoms with E-state index in [1.54, 1.807) is 23.1 Å². The number of nitrogens with one attached hydrogen (secondary N) is 2. The maximum atomic E-state index is 11.4. The van der Waals surface area contributed by atoms with E-state index in [2.05, 4.69) is 48.6 Å². The third-order valence-corrected chi connectivity index (χ3v) is 7.11. The summed E-state index contributed by atoms with van der Waals surface area (Å²) >= 11 is 10.2. The zero-order valence-corrected chi connectivity index (χ0v) is 15.0. The Morgan fingerprint density at radius 1 is 1.30 bits per heavy atom. The summed E-state index contributed by atoms with van der Waals surface area (Å²) in [6, 6.07) is 8.16. The Hall–Kier alpha value is -0.500. The van der Waals surface area contributed by atoms with Crippen LogP contribution in [0.1, 0.15) is 4.88 Å². The van der Waals surface area contributed by atoms with Gasteiger partial charge in [0, 0.05) is 26.5 Å². The molecule has 0 fully saturated rings. The number of carbonyl (C=O) groups is 1. The first kappa shape index (κ1) is 14.4. The molecule has 20 heavy (non-hydrogen) atoms. The molecule has 1 aliphatic rings. The van der Waals surface area contributed by atoms with Crippen molar-refractivity contribution < 1.29 is 4.79 Å². The van der Waals surface area contributed by atoms with Crippen LogP contribution in [0.3, 0.4) is 0 Å². The maximum Gasteiger partial charge on any atom is 0.234 e. The Morgan fingerprint density at radius 3 is 2.90 bits per heavy atom. The van der Waals surface area contributed by atoms with Crippen LogP contribution < -0.4 is 10.6 Å². The predicted octanol–water partition coefficient (Wildman–Crippen LogP) is 4.93. The minimum Gasteiger partial charge on any atom is -0.380 e. The third-order valence-electron chi connectivity index (χ3n) is 2.78. The van der Waals surface area contributed by atoms with E-state index in [9.17, 15) is 4.79 Å². The van der Waals surface area contributed by atoms with Crippen molar-refractivity contribution in [2.24, 2.45) is 0 Å². The SMILES string of the molecule is O=C1CSc2ccc(NCc3cc(Br)c(Br)s3)cc2N1. The summed E-state index contributed by atoms with van der Waals surface area (Å²) in [4.78, 5) is 13.8. The number of carbonyl (C=O) groups excluding carboxylic acids is 1. The lowest BCUT2D eigenvalue weighted by Crippen LogP contribution is -2.18. The number of thiophene rings is 1. The van der Waals surface area contributed by atoms with Gasteiger partial charge in [0.15, 0.2) is 0 Å². The molecule has 2 heterocycles. The Labute approximate surface area is 141 Å². The lowest BCUT2D eigenvalue weighted by molar-refractivity contribution is -0.113. The van der Waals surface area contributed by atoms with E-state index in [4.69, 9.17) is 0 Å². The molecule has 1 aliphatic heterocycles. The topological polar surface area (TPSA) is 41.1 Å². The molecule has 1 aromatic carbocycles. The quantitative estimate of drug-likeness (QED) is 0.720. The van der Waals surface area contributed by atoms with Crippen LogP contribution in [-0.2, 0) is 11.3 Å². The summed E-state index contributed by atoms with van der Waals surface area (Å²) in [5.41, 5.74) is 1.90. The number of halogens is 2. The standard InChI is InChI=1S/C13H10Br2N2OS2/c14-9-4-8(20-13(9)15)5-16-7-1-2-11-10(3-7)17-12(18)6-19-11/h1-4,16H,5-6H2,(H,17,18). The van der Waals surface area contributed by atoms with Crippen molar-refractivity contribution in [2.45, 2.75) is 11.4 Å². The number of benzene rings is 1. The summed E-state index contributed by atoms with van der Waals surface area (Å²) in [6.45, 7) is 0.759. The molecule has 2 aromatic rings. The summed E-state index contributed by atoms with van der Waals surface area (Å²) in [7, 11) is 0. The first-order valence-electron chi connectivity index (χ1n) is 5.86. The molecule has 0 atom stereocenters. The molecule has 1 amide bonds. The van der Waals surface area contributed by atoms with Gasteiger partial charge in [-0.15, -0.1) is 23.1 Å². The number of amides is 1. The van der Waals surface area contributed by atoms with Crippen molar-refractivity contribution in [2.75, 3.05) is 16.4 Å². The molecule has 0 unspecified atom stereocenters. The van der Waals surface area contributed by atoms with Gasteiger partial charge in [-0.3, -0.25) is 4.79 Å². The van der Waals surface area contributed by atoms with Gasteiger partial charge in [0.25, 0.3) is 0 Å². The fourth-order valence-corrected chi connectivity index (χ4v) is 4.77. The Balaban J connectivity index is 1.72. The lowest BCUT2D eigenvalue weighted by Gasteiger charge is -2.17. The van der Waals surface area contributed by atoms with E-state index < -0.39 is 0 Å². The molecule has 3 rings (SSSR count). The molecule has 1 aromatic heterocycles. The Bertz CT molecular complexity index is 653. The second kappa shape index (κ2) is 6.09. The summed E-state index contributed by atoms with van der Waals surface area (Å²) in [5, 5.41) is 6.27. The van der Waals surface area contributed by atoms with Gasteiger partial charge in [-0.2, -0.15) is 0 Å². The molecule has 7 heteroatoms. The van der Waals surface area contributed by atoms with Crippen LogP contribution in [0.4, 0.5) is 11.4 Å². The molecule has 3 nitrogen and oxygen atoms in total. The van der Waals surface area contributed by atoms with Crippen LogP contribution in [0.15, 0.2) is 37.4 Å². The fourth-order valence-electron chi connectivity index (χ4n) is 1.86. The van der Waals surface area contributed by atoms with Crippen molar-refractivity contribution in [3.8, 4) is 0 Å². The minimum atomic E-state index is 0.0609. The predicted molar refractivity (Wildman–Crippen MR) is 92.8 cm³/mol. The molecule has 0 radical (unpaired) electrons. The van der Waals surface area contributed by atoms with Crippen LogP contribution in [0.5, 0.6) is 0 Å². The van der Waals surface area contributed by atoms with Gasteiger partial charge in [0.1, 0.15) is 0 Å². The summed E-state index contributed by atoms with van der Waals surface area (Å²) in [5.74, 6) is 0.558. The molecular formula is C13H10Br2N2OS2. The van der Waals surface area contributed by atoms with Crippen molar-refractivity contribution in [3.05, 3.63) is 37.4 Å². The molecule has 2 N–H and O–H groups in total. The zero-order chi connectivity index (χ0) is 14.1. The van der Waals surface area contributed by atoms with E-state index in [-0.39, 0.29) is 5.91 Å². The summed E-state index contributed by atoms with van der Waals surface area (Å²) in [6.07, 6.45) is 0. The highest BCUT2D eigenvalue weighted by atomic mass is 79.9. The second-order valence-corrected chi connectivity index (χ2v) is 8.56. The molecule has 104 valence electrons. The van der Waals surface area contributed by atoms with Gasteiger partial charge in [-0.1, -0.05) is 0 Å². The Kier molecular flexibility index (Phi) is 4.40. The summed E-state index contributed by atoms with van der Waals surface area (Å²) < 4.78 is 2.18. The zero-order valence-electron chi connectivity index (χ0n) is 10.2. The van der Waals surface area contributed by atoms with Crippen molar-refractivity contribution in [3.63, 3.8) is 0 Å². The molecule has 0 bridgehead atoms. The normalized spacial score (nSPS) is 13.8. The van der Waals surface area contributed by atoms with E-state index in [1.807, 2.05) is 18.2 Å². The van der Waals surface area contributed by atoms with E-state index in [1.165, 1.54) is 4.88 Å². The van der Waals surface area contributed by atoms with Crippen LogP contribution in [0.2, 0.25) is 0 Å². The van der Waals surface area contributed by atoms with Gasteiger partial charge in [-0.25, -0.2) is 0 Å². The van der Waals surface area contributed by atoms with Crippen LogP contribution in [-0.4, -0.2) is 11.7 Å². The molecule has 0 aliphatic carbocycles. The molecule has 0 spiro atoms. The largest absolute Gasteiger partial charge is 0.380 e. The highest BCUT2D eigenvalue weighted by molar-refractivity contribution is 9.13. The Morgan fingerprint density at radius 2 is 2.15 bits per heavy atom. The third kappa shape index (κ3) is 3.21. The van der Waals surface area contributed by atoms with E-state index in [0.29, 0.717) is 5.75 Å². The number of rotatable bonds is 3. The fraction of sp³-hybridized carbons (Fsp3) is 0.154. The number of hydrogen-bond donors (Lipinski definition) is 2. The number of fused-ring (bicyclic) bond motifs is 1. The minimum absolute atomic E-state index is 0.0609. The van der Waals surface area contributed by atoms with Gasteiger partial charge in [0.05, 0.1) is 15.2 Å². The first-order chi connectivity index (χ1) is 9.61. The van der Waals surface area contributed by atoms with Crippen LogP contribution in [0, 0.1) is 0 Å².